The van der Waals surface area contributed by atoms with E-state index in [0.29, 0.717) is 24.6 Å². The average Bonchev–Trinajstić information content (AvgIpc) is 3.17. The van der Waals surface area contributed by atoms with Crippen LogP contribution in [0, 0.1) is 12.8 Å². The third-order valence-electron chi connectivity index (χ3n) is 7.24. The Morgan fingerprint density at radius 2 is 1.79 bits per heavy atom. The molecule has 1 N–H and O–H groups in total. The van der Waals surface area contributed by atoms with Crippen molar-refractivity contribution in [2.75, 3.05) is 46.0 Å². The van der Waals surface area contributed by atoms with Crippen molar-refractivity contribution in [3.8, 4) is 5.75 Å². The molecule has 2 aromatic rings. The van der Waals surface area contributed by atoms with Gasteiger partial charge in [-0.3, -0.25) is 14.5 Å². The Hall–Kier alpha value is -3.16. The molecule has 2 aromatic carbocycles. The molecule has 2 aliphatic heterocycles. The molecule has 0 unspecified atom stereocenters. The molecule has 0 bridgehead atoms. The quantitative estimate of drug-likeness (QED) is 0.277. The average molecular weight is 521 g/mol. The number of ketones is 1. The van der Waals surface area contributed by atoms with E-state index < -0.39 is 17.7 Å². The summed E-state index contributed by atoms with van der Waals surface area (Å²) in [6.07, 6.45) is 1.63. The topological polar surface area (TPSA) is 79.3 Å². The van der Waals surface area contributed by atoms with Gasteiger partial charge in [0.15, 0.2) is 0 Å². The van der Waals surface area contributed by atoms with Gasteiger partial charge < -0.3 is 19.5 Å². The van der Waals surface area contributed by atoms with Crippen molar-refractivity contribution in [3.63, 3.8) is 0 Å². The van der Waals surface area contributed by atoms with Crippen LogP contribution in [-0.2, 0) is 20.7 Å². The summed E-state index contributed by atoms with van der Waals surface area (Å²) < 4.78 is 11.3. The van der Waals surface area contributed by atoms with Crippen molar-refractivity contribution in [2.24, 2.45) is 5.92 Å². The Bertz CT molecular complexity index is 1170. The molecule has 7 heteroatoms. The molecule has 4 rings (SSSR count). The minimum Gasteiger partial charge on any atom is -0.507 e. The normalized spacial score (nSPS) is 19.9. The van der Waals surface area contributed by atoms with Gasteiger partial charge in [-0.25, -0.2) is 0 Å². The second-order valence-electron chi connectivity index (χ2n) is 10.6. The number of morpholine rings is 1. The molecule has 0 aliphatic carbocycles. The van der Waals surface area contributed by atoms with Crippen LogP contribution in [0.5, 0.6) is 5.75 Å². The summed E-state index contributed by atoms with van der Waals surface area (Å²) in [7, 11) is 0. The van der Waals surface area contributed by atoms with Crippen LogP contribution in [0.3, 0.4) is 0 Å². The van der Waals surface area contributed by atoms with Crippen molar-refractivity contribution < 1.29 is 24.2 Å². The summed E-state index contributed by atoms with van der Waals surface area (Å²) in [6, 6.07) is 12.7. The zero-order valence-electron chi connectivity index (χ0n) is 23.0. The maximum atomic E-state index is 13.4. The van der Waals surface area contributed by atoms with Crippen LogP contribution < -0.4 is 4.74 Å². The zero-order valence-corrected chi connectivity index (χ0v) is 23.0. The lowest BCUT2D eigenvalue weighted by molar-refractivity contribution is -0.140. The maximum Gasteiger partial charge on any atom is 0.295 e. The SMILES string of the molecule is CCc1ccc([C@@H]2C(=C(O)c3ccc(OCC(C)C)c(C)c3)C(=O)C(=O)N2CCCN2CCOCC2)cc1. The second kappa shape index (κ2) is 12.6. The minimum atomic E-state index is -0.642. The molecule has 0 aromatic heterocycles. The lowest BCUT2D eigenvalue weighted by atomic mass is 9.94. The monoisotopic (exact) mass is 520 g/mol. The van der Waals surface area contributed by atoms with E-state index in [4.69, 9.17) is 9.47 Å². The van der Waals surface area contributed by atoms with Crippen LogP contribution in [0.15, 0.2) is 48.0 Å². The van der Waals surface area contributed by atoms with Crippen LogP contribution >= 0.6 is 0 Å². The summed E-state index contributed by atoms with van der Waals surface area (Å²) in [4.78, 5) is 30.6. The molecule has 204 valence electrons. The minimum absolute atomic E-state index is 0.140. The molecule has 1 amide bonds. The third kappa shape index (κ3) is 6.27. The van der Waals surface area contributed by atoms with Crippen molar-refractivity contribution in [1.29, 1.82) is 0 Å². The maximum absolute atomic E-state index is 13.4. The molecule has 0 spiro atoms. The van der Waals surface area contributed by atoms with Gasteiger partial charge >= 0.3 is 0 Å². The van der Waals surface area contributed by atoms with Crippen molar-refractivity contribution in [2.45, 2.75) is 46.6 Å². The van der Waals surface area contributed by atoms with Crippen LogP contribution in [0.2, 0.25) is 0 Å². The highest BCUT2D eigenvalue weighted by atomic mass is 16.5. The van der Waals surface area contributed by atoms with Gasteiger partial charge in [-0.1, -0.05) is 45.0 Å². The van der Waals surface area contributed by atoms with Crippen LogP contribution in [0.1, 0.15) is 55.5 Å². The van der Waals surface area contributed by atoms with Gasteiger partial charge in [0.05, 0.1) is 31.4 Å². The largest absolute Gasteiger partial charge is 0.507 e. The third-order valence-corrected chi connectivity index (χ3v) is 7.24. The molecule has 2 fully saturated rings. The Morgan fingerprint density at radius 1 is 1.08 bits per heavy atom. The van der Waals surface area contributed by atoms with Crippen LogP contribution in [0.25, 0.3) is 5.76 Å². The lowest BCUT2D eigenvalue weighted by Gasteiger charge is -2.29. The first-order chi connectivity index (χ1) is 18.3. The number of rotatable bonds is 10. The fourth-order valence-corrected chi connectivity index (χ4v) is 5.05. The number of aliphatic hydroxyl groups is 1. The summed E-state index contributed by atoms with van der Waals surface area (Å²) in [6.45, 7) is 13.2. The molecule has 1 atom stereocenters. The van der Waals surface area contributed by atoms with Crippen molar-refractivity contribution in [3.05, 3.63) is 70.3 Å². The van der Waals surface area contributed by atoms with Gasteiger partial charge in [-0.15, -0.1) is 0 Å². The summed E-state index contributed by atoms with van der Waals surface area (Å²) in [5.74, 6) is -0.226. The zero-order chi connectivity index (χ0) is 27.2. The van der Waals surface area contributed by atoms with E-state index in [1.54, 1.807) is 11.0 Å². The van der Waals surface area contributed by atoms with Gasteiger partial charge in [-0.05, 0) is 60.6 Å². The Labute approximate surface area is 226 Å². The number of amides is 1. The summed E-state index contributed by atoms with van der Waals surface area (Å²) >= 11 is 0. The number of carbonyl (C=O) groups excluding carboxylic acids is 2. The van der Waals surface area contributed by atoms with Gasteiger partial charge in [0.2, 0.25) is 0 Å². The molecule has 38 heavy (non-hydrogen) atoms. The Kier molecular flexibility index (Phi) is 9.23. The molecule has 0 saturated carbocycles. The first kappa shape index (κ1) is 27.9. The van der Waals surface area contributed by atoms with E-state index in [-0.39, 0.29) is 11.3 Å². The van der Waals surface area contributed by atoms with Gasteiger partial charge in [0.25, 0.3) is 11.7 Å². The van der Waals surface area contributed by atoms with Crippen LogP contribution in [-0.4, -0.2) is 72.6 Å². The van der Waals surface area contributed by atoms with E-state index in [9.17, 15) is 14.7 Å². The van der Waals surface area contributed by atoms with E-state index in [1.165, 1.54) is 5.56 Å². The number of aryl methyl sites for hydroxylation is 2. The predicted molar refractivity (Wildman–Crippen MR) is 148 cm³/mol. The first-order valence-electron chi connectivity index (χ1n) is 13.7. The molecular formula is C31H40N2O5. The van der Waals surface area contributed by atoms with E-state index >= 15 is 0 Å². The highest BCUT2D eigenvalue weighted by Gasteiger charge is 2.45. The fourth-order valence-electron chi connectivity index (χ4n) is 5.05. The number of nitrogens with zero attached hydrogens (tertiary/aromatic N) is 2. The first-order valence-corrected chi connectivity index (χ1v) is 13.7. The van der Waals surface area contributed by atoms with Crippen LogP contribution in [0.4, 0.5) is 0 Å². The highest BCUT2D eigenvalue weighted by molar-refractivity contribution is 6.46. The van der Waals surface area contributed by atoms with Crippen molar-refractivity contribution in [1.82, 2.24) is 9.80 Å². The van der Waals surface area contributed by atoms with E-state index in [1.807, 2.05) is 43.3 Å². The molecule has 2 aliphatic rings. The highest BCUT2D eigenvalue weighted by Crippen LogP contribution is 2.40. The second-order valence-corrected chi connectivity index (χ2v) is 10.6. The van der Waals surface area contributed by atoms with Gasteiger partial charge in [0, 0.05) is 31.7 Å². The smallest absolute Gasteiger partial charge is 0.295 e. The number of Topliss-reactive ketones (excluding diaryl/α,β-unsaturated/α-hetero) is 1. The van der Waals surface area contributed by atoms with Gasteiger partial charge in [-0.2, -0.15) is 0 Å². The molecule has 7 nitrogen and oxygen atoms in total. The number of likely N-dealkylation sites (tertiary alicyclic amines) is 1. The molecular weight excluding hydrogens is 480 g/mol. The number of hydrogen-bond donors (Lipinski definition) is 1. The van der Waals surface area contributed by atoms with E-state index in [2.05, 4.69) is 25.7 Å². The number of hydrogen-bond acceptors (Lipinski definition) is 6. The molecule has 2 heterocycles. The molecule has 2 saturated heterocycles. The molecule has 0 radical (unpaired) electrons. The summed E-state index contributed by atoms with van der Waals surface area (Å²) in [5, 5.41) is 11.4. The van der Waals surface area contributed by atoms with E-state index in [0.717, 1.165) is 62.6 Å². The number of aliphatic hydroxyl groups excluding tert-OH is 1. The Morgan fingerprint density at radius 3 is 2.42 bits per heavy atom. The Balaban J connectivity index is 1.66. The number of ether oxygens (including phenoxy) is 2. The standard InChI is InChI=1S/C31H40N2O5/c1-5-23-7-9-24(10-8-23)28-27(29(34)25-11-12-26(22(4)19-25)38-20-21(2)3)30(35)31(36)33(28)14-6-13-32-15-17-37-18-16-32/h7-12,19,21,28,34H,5-6,13-18,20H2,1-4H3/t28-/m1/s1. The number of benzene rings is 2. The van der Waals surface area contributed by atoms with Gasteiger partial charge in [0.1, 0.15) is 11.5 Å². The lowest BCUT2D eigenvalue weighted by Crippen LogP contribution is -2.38. The fraction of sp³-hybridized carbons (Fsp3) is 0.484. The van der Waals surface area contributed by atoms with Crippen molar-refractivity contribution >= 4 is 17.4 Å². The summed E-state index contributed by atoms with van der Waals surface area (Å²) in [5.41, 5.74) is 3.49. The predicted octanol–water partition coefficient (Wildman–Crippen LogP) is 4.74. The number of carbonyl (C=O) groups is 2.